The summed E-state index contributed by atoms with van der Waals surface area (Å²) < 4.78 is 10.8. The first-order chi connectivity index (χ1) is 10.8. The van der Waals surface area contributed by atoms with Crippen molar-refractivity contribution in [3.8, 4) is 0 Å². The molecule has 0 bridgehead atoms. The van der Waals surface area contributed by atoms with Crippen LogP contribution in [0.3, 0.4) is 0 Å². The van der Waals surface area contributed by atoms with Crippen molar-refractivity contribution in [1.82, 2.24) is 5.32 Å². The van der Waals surface area contributed by atoms with Crippen LogP contribution < -0.4 is 5.32 Å². The fraction of sp³-hybridized carbons (Fsp3) is 0.750. The second kappa shape index (κ2) is 9.00. The number of hydrogen-bond acceptors (Lipinski definition) is 6. The van der Waals surface area contributed by atoms with Crippen molar-refractivity contribution in [2.24, 2.45) is 0 Å². The average Bonchev–Trinajstić information content (AvgIpc) is 2.51. The second-order valence-electron chi connectivity index (χ2n) is 5.54. The SMILES string of the molecule is CCOC(=O)C1=C[C@@H](OC(CC)CC)[C@H](NC(C)=O)[C@H](O)C1O. The topological polar surface area (TPSA) is 105 Å². The van der Waals surface area contributed by atoms with Crippen molar-refractivity contribution >= 4 is 11.9 Å². The Bertz CT molecular complexity index is 446. The minimum Gasteiger partial charge on any atom is -0.463 e. The standard InChI is InChI=1S/C16H27NO6/c1-5-10(6-2)23-12-8-11(16(21)22-7-3)14(19)15(20)13(12)17-9(4)18/h8,10,12-15,19-20H,5-7H2,1-4H3,(H,17,18)/t12-,13+,14?,15+/m1/s1. The van der Waals surface area contributed by atoms with Crippen LogP contribution in [0.4, 0.5) is 0 Å². The molecule has 1 unspecified atom stereocenters. The number of rotatable bonds is 7. The Balaban J connectivity index is 3.11. The fourth-order valence-electron chi connectivity index (χ4n) is 2.59. The second-order valence-corrected chi connectivity index (χ2v) is 5.54. The number of aliphatic hydroxyl groups is 2. The van der Waals surface area contributed by atoms with Gasteiger partial charge < -0.3 is 25.0 Å². The summed E-state index contributed by atoms with van der Waals surface area (Å²) in [7, 11) is 0. The molecule has 0 aromatic carbocycles. The highest BCUT2D eigenvalue weighted by atomic mass is 16.5. The van der Waals surface area contributed by atoms with E-state index in [2.05, 4.69) is 5.32 Å². The summed E-state index contributed by atoms with van der Waals surface area (Å²) in [5, 5.41) is 23.1. The summed E-state index contributed by atoms with van der Waals surface area (Å²) in [6, 6.07) is -0.832. The van der Waals surface area contributed by atoms with Crippen molar-refractivity contribution in [2.45, 2.75) is 71.0 Å². The molecular formula is C16H27NO6. The quantitative estimate of drug-likeness (QED) is 0.580. The summed E-state index contributed by atoms with van der Waals surface area (Å²) in [6.07, 6.45) is -0.661. The molecule has 3 N–H and O–H groups in total. The zero-order valence-electron chi connectivity index (χ0n) is 14.1. The van der Waals surface area contributed by atoms with Crippen LogP contribution in [0, 0.1) is 0 Å². The van der Waals surface area contributed by atoms with Crippen molar-refractivity contribution in [1.29, 1.82) is 0 Å². The lowest BCUT2D eigenvalue weighted by Gasteiger charge is -2.38. The van der Waals surface area contributed by atoms with Crippen LogP contribution in [0.5, 0.6) is 0 Å². The largest absolute Gasteiger partial charge is 0.463 e. The minimum atomic E-state index is -1.44. The van der Waals surface area contributed by atoms with Crippen molar-refractivity contribution in [3.05, 3.63) is 11.6 Å². The van der Waals surface area contributed by atoms with E-state index >= 15 is 0 Å². The first-order valence-electron chi connectivity index (χ1n) is 8.03. The normalized spacial score (nSPS) is 27.5. The van der Waals surface area contributed by atoms with E-state index in [1.807, 2.05) is 13.8 Å². The minimum absolute atomic E-state index is 0.0445. The van der Waals surface area contributed by atoms with E-state index in [9.17, 15) is 19.8 Å². The molecule has 1 rings (SSSR count). The van der Waals surface area contributed by atoms with Crippen LogP contribution in [0.2, 0.25) is 0 Å². The van der Waals surface area contributed by atoms with Gasteiger partial charge in [-0.2, -0.15) is 0 Å². The van der Waals surface area contributed by atoms with E-state index in [4.69, 9.17) is 9.47 Å². The van der Waals surface area contributed by atoms with E-state index in [0.29, 0.717) is 0 Å². The smallest absolute Gasteiger partial charge is 0.336 e. The Hall–Kier alpha value is -1.44. The zero-order valence-corrected chi connectivity index (χ0v) is 14.1. The summed E-state index contributed by atoms with van der Waals surface area (Å²) in [4.78, 5) is 23.3. The predicted molar refractivity (Wildman–Crippen MR) is 83.6 cm³/mol. The zero-order chi connectivity index (χ0) is 17.6. The van der Waals surface area contributed by atoms with E-state index < -0.39 is 30.3 Å². The highest BCUT2D eigenvalue weighted by molar-refractivity contribution is 5.90. The van der Waals surface area contributed by atoms with Crippen LogP contribution in [0.15, 0.2) is 11.6 Å². The van der Waals surface area contributed by atoms with Gasteiger partial charge in [0, 0.05) is 6.92 Å². The van der Waals surface area contributed by atoms with Crippen LogP contribution in [0.25, 0.3) is 0 Å². The van der Waals surface area contributed by atoms with Gasteiger partial charge in [-0.05, 0) is 25.8 Å². The molecule has 0 aromatic rings. The molecule has 0 aliphatic heterocycles. The maximum absolute atomic E-state index is 11.9. The third kappa shape index (κ3) is 5.02. The molecule has 0 aromatic heterocycles. The van der Waals surface area contributed by atoms with Crippen LogP contribution in [-0.4, -0.2) is 59.2 Å². The predicted octanol–water partition coefficient (Wildman–Crippen LogP) is 0.290. The van der Waals surface area contributed by atoms with E-state index in [0.717, 1.165) is 12.8 Å². The molecule has 1 aliphatic rings. The van der Waals surface area contributed by atoms with Gasteiger partial charge in [-0.3, -0.25) is 4.79 Å². The monoisotopic (exact) mass is 329 g/mol. The number of carbonyl (C=O) groups is 2. The maximum atomic E-state index is 11.9. The molecule has 0 saturated carbocycles. The number of ether oxygens (including phenoxy) is 2. The number of amides is 1. The Morgan fingerprint density at radius 1 is 1.26 bits per heavy atom. The van der Waals surface area contributed by atoms with E-state index in [1.165, 1.54) is 13.0 Å². The van der Waals surface area contributed by atoms with Gasteiger partial charge in [-0.25, -0.2) is 4.79 Å². The van der Waals surface area contributed by atoms with Gasteiger partial charge in [-0.15, -0.1) is 0 Å². The molecule has 0 fully saturated rings. The Kier molecular flexibility index (Phi) is 7.67. The lowest BCUT2D eigenvalue weighted by atomic mass is 9.87. The van der Waals surface area contributed by atoms with Gasteiger partial charge in [-0.1, -0.05) is 13.8 Å². The molecule has 4 atom stereocenters. The molecular weight excluding hydrogens is 302 g/mol. The van der Waals surface area contributed by atoms with E-state index in [1.54, 1.807) is 6.92 Å². The molecule has 7 heteroatoms. The third-order valence-corrected chi connectivity index (χ3v) is 3.85. The van der Waals surface area contributed by atoms with Crippen LogP contribution in [0.1, 0.15) is 40.5 Å². The van der Waals surface area contributed by atoms with Crippen molar-refractivity contribution in [2.75, 3.05) is 6.61 Å². The van der Waals surface area contributed by atoms with E-state index in [-0.39, 0.29) is 24.2 Å². The summed E-state index contributed by atoms with van der Waals surface area (Å²) in [5.41, 5.74) is -0.0445. The number of aliphatic hydroxyl groups excluding tert-OH is 2. The maximum Gasteiger partial charge on any atom is 0.336 e. The first kappa shape index (κ1) is 19.6. The molecule has 132 valence electrons. The van der Waals surface area contributed by atoms with Gasteiger partial charge in [0.05, 0.1) is 30.4 Å². The Labute approximate surface area is 136 Å². The number of hydrogen-bond donors (Lipinski definition) is 3. The van der Waals surface area contributed by atoms with Gasteiger partial charge in [0.1, 0.15) is 12.2 Å². The molecule has 0 radical (unpaired) electrons. The first-order valence-corrected chi connectivity index (χ1v) is 8.03. The molecule has 0 spiro atoms. The Morgan fingerprint density at radius 2 is 1.87 bits per heavy atom. The third-order valence-electron chi connectivity index (χ3n) is 3.85. The highest BCUT2D eigenvalue weighted by Gasteiger charge is 2.42. The summed E-state index contributed by atoms with van der Waals surface area (Å²) >= 11 is 0. The van der Waals surface area contributed by atoms with Gasteiger partial charge in [0.15, 0.2) is 0 Å². The molecule has 23 heavy (non-hydrogen) atoms. The summed E-state index contributed by atoms with van der Waals surface area (Å²) in [6.45, 7) is 7.06. The van der Waals surface area contributed by atoms with Crippen molar-refractivity contribution < 1.29 is 29.3 Å². The molecule has 0 heterocycles. The molecule has 7 nitrogen and oxygen atoms in total. The van der Waals surface area contributed by atoms with Crippen LogP contribution in [-0.2, 0) is 19.1 Å². The average molecular weight is 329 g/mol. The van der Waals surface area contributed by atoms with Gasteiger partial charge >= 0.3 is 5.97 Å². The highest BCUT2D eigenvalue weighted by Crippen LogP contribution is 2.25. The molecule has 1 amide bonds. The molecule has 1 aliphatic carbocycles. The number of esters is 1. The van der Waals surface area contributed by atoms with Crippen LogP contribution >= 0.6 is 0 Å². The fourth-order valence-corrected chi connectivity index (χ4v) is 2.59. The number of nitrogens with one attached hydrogen (secondary N) is 1. The molecule has 0 saturated heterocycles. The summed E-state index contributed by atoms with van der Waals surface area (Å²) in [5.74, 6) is -1.05. The van der Waals surface area contributed by atoms with Gasteiger partial charge in [0.2, 0.25) is 5.91 Å². The lowest BCUT2D eigenvalue weighted by Crippen LogP contribution is -2.58. The van der Waals surface area contributed by atoms with Gasteiger partial charge in [0.25, 0.3) is 0 Å². The number of carbonyl (C=O) groups excluding carboxylic acids is 2. The Morgan fingerprint density at radius 3 is 2.35 bits per heavy atom. The lowest BCUT2D eigenvalue weighted by molar-refractivity contribution is -0.142. The van der Waals surface area contributed by atoms with Crippen molar-refractivity contribution in [3.63, 3.8) is 0 Å².